The first kappa shape index (κ1) is 23.6. The number of nitrogens with zero attached hydrogens (tertiary/aromatic N) is 3. The summed E-state index contributed by atoms with van der Waals surface area (Å²) in [4.78, 5) is 26.6. The maximum absolute atomic E-state index is 13.8. The van der Waals surface area contributed by atoms with E-state index in [1.807, 2.05) is 80.2 Å². The van der Waals surface area contributed by atoms with E-state index in [4.69, 9.17) is 17.3 Å². The highest BCUT2D eigenvalue weighted by Crippen LogP contribution is 2.35. The third kappa shape index (κ3) is 3.99. The van der Waals surface area contributed by atoms with Crippen molar-refractivity contribution in [2.45, 2.75) is 40.2 Å². The first-order valence-corrected chi connectivity index (χ1v) is 11.7. The summed E-state index contributed by atoms with van der Waals surface area (Å²) in [6.07, 6.45) is 1.55. The fourth-order valence-electron chi connectivity index (χ4n) is 4.75. The number of benzene rings is 2. The summed E-state index contributed by atoms with van der Waals surface area (Å²) in [5.41, 5.74) is 11.5. The SMILES string of the molecule is CCCc1c(-c2c(C)n(C)n(-c3ccccc3)c2=O)c(C(N)=O)c(C)n1Cc1cccc(Cl)c1. The molecule has 6 nitrogen and oxygen atoms in total. The molecule has 0 atom stereocenters. The number of carbonyl (C=O) groups excluding carboxylic acids is 1. The molecule has 2 aromatic heterocycles. The molecule has 176 valence electrons. The van der Waals surface area contributed by atoms with Crippen molar-refractivity contribution < 1.29 is 4.79 Å². The minimum Gasteiger partial charge on any atom is -0.366 e. The number of aromatic nitrogens is 3. The smallest absolute Gasteiger partial charge is 0.279 e. The van der Waals surface area contributed by atoms with Crippen molar-refractivity contribution in [2.24, 2.45) is 12.8 Å². The van der Waals surface area contributed by atoms with E-state index in [9.17, 15) is 9.59 Å². The van der Waals surface area contributed by atoms with Crippen molar-refractivity contribution in [3.8, 4) is 16.8 Å². The first-order chi connectivity index (χ1) is 16.3. The molecule has 0 saturated carbocycles. The Kier molecular flexibility index (Phi) is 6.53. The van der Waals surface area contributed by atoms with Crippen LogP contribution in [0.15, 0.2) is 59.4 Å². The molecule has 4 rings (SSSR count). The molecule has 2 heterocycles. The van der Waals surface area contributed by atoms with Crippen LogP contribution >= 0.6 is 11.6 Å². The molecule has 0 unspecified atom stereocenters. The van der Waals surface area contributed by atoms with Crippen molar-refractivity contribution >= 4 is 17.5 Å². The average molecular weight is 477 g/mol. The van der Waals surface area contributed by atoms with Gasteiger partial charge < -0.3 is 10.3 Å². The molecular weight excluding hydrogens is 448 g/mol. The number of hydrogen-bond acceptors (Lipinski definition) is 2. The van der Waals surface area contributed by atoms with Crippen molar-refractivity contribution in [1.82, 2.24) is 13.9 Å². The standard InChI is InChI=1S/C27H29ClN4O2/c1-5-10-22-25(24-17(2)30(4)32(27(24)34)21-13-7-6-8-14-21)23(26(29)33)18(3)31(22)16-19-11-9-12-20(28)15-19/h6-9,11-15H,5,10,16H2,1-4H3,(H2,29,33). The second-order valence-corrected chi connectivity index (χ2v) is 8.99. The highest BCUT2D eigenvalue weighted by molar-refractivity contribution is 6.30. The van der Waals surface area contributed by atoms with E-state index in [1.54, 1.807) is 4.68 Å². The predicted octanol–water partition coefficient (Wildman–Crippen LogP) is 5.01. The molecule has 2 aromatic carbocycles. The molecule has 4 aromatic rings. The Morgan fingerprint density at radius 2 is 1.71 bits per heavy atom. The zero-order valence-corrected chi connectivity index (χ0v) is 20.7. The van der Waals surface area contributed by atoms with Gasteiger partial charge >= 0.3 is 0 Å². The van der Waals surface area contributed by atoms with Gasteiger partial charge in [-0.15, -0.1) is 0 Å². The molecule has 1 amide bonds. The van der Waals surface area contributed by atoms with E-state index >= 15 is 0 Å². The van der Waals surface area contributed by atoms with Crippen LogP contribution in [0.1, 0.15) is 46.3 Å². The van der Waals surface area contributed by atoms with Crippen LogP contribution in [0.5, 0.6) is 0 Å². The van der Waals surface area contributed by atoms with Crippen LogP contribution in [0, 0.1) is 13.8 Å². The van der Waals surface area contributed by atoms with Crippen molar-refractivity contribution in [1.29, 1.82) is 0 Å². The van der Waals surface area contributed by atoms with Gasteiger partial charge in [-0.25, -0.2) is 4.68 Å². The molecule has 0 saturated heterocycles. The molecule has 0 aliphatic rings. The van der Waals surface area contributed by atoms with Crippen molar-refractivity contribution in [3.05, 3.63) is 98.2 Å². The number of carbonyl (C=O) groups is 1. The van der Waals surface area contributed by atoms with E-state index in [2.05, 4.69) is 11.5 Å². The maximum atomic E-state index is 13.8. The minimum atomic E-state index is -0.538. The van der Waals surface area contributed by atoms with Gasteiger partial charge in [-0.2, -0.15) is 0 Å². The average Bonchev–Trinajstić information content (AvgIpc) is 3.18. The third-order valence-electron chi connectivity index (χ3n) is 6.40. The summed E-state index contributed by atoms with van der Waals surface area (Å²) in [6.45, 7) is 6.41. The third-order valence-corrected chi connectivity index (χ3v) is 6.63. The predicted molar refractivity (Wildman–Crippen MR) is 137 cm³/mol. The number of primary amides is 1. The van der Waals surface area contributed by atoms with Crippen LogP contribution in [0.4, 0.5) is 0 Å². The van der Waals surface area contributed by atoms with E-state index in [0.29, 0.717) is 34.7 Å². The summed E-state index contributed by atoms with van der Waals surface area (Å²) < 4.78 is 5.56. The number of amides is 1. The van der Waals surface area contributed by atoms with Gasteiger partial charge in [0.25, 0.3) is 11.5 Å². The van der Waals surface area contributed by atoms with Crippen molar-refractivity contribution in [2.75, 3.05) is 0 Å². The second kappa shape index (κ2) is 9.39. The molecular formula is C27H29ClN4O2. The highest BCUT2D eigenvalue weighted by Gasteiger charge is 2.29. The molecule has 0 bridgehead atoms. The number of hydrogen-bond donors (Lipinski definition) is 1. The molecule has 0 aliphatic heterocycles. The fraction of sp³-hybridized carbons (Fsp3) is 0.259. The first-order valence-electron chi connectivity index (χ1n) is 11.4. The van der Waals surface area contributed by atoms with E-state index in [-0.39, 0.29) is 5.56 Å². The second-order valence-electron chi connectivity index (χ2n) is 8.55. The van der Waals surface area contributed by atoms with Gasteiger partial charge in [-0.05, 0) is 50.1 Å². The molecule has 2 N–H and O–H groups in total. The Labute approximate surface area is 204 Å². The van der Waals surface area contributed by atoms with Gasteiger partial charge in [0, 0.05) is 41.3 Å². The summed E-state index contributed by atoms with van der Waals surface area (Å²) >= 11 is 6.22. The number of halogens is 1. The minimum absolute atomic E-state index is 0.175. The van der Waals surface area contributed by atoms with Gasteiger partial charge in [0.2, 0.25) is 0 Å². The van der Waals surface area contributed by atoms with E-state index in [0.717, 1.165) is 34.8 Å². The van der Waals surface area contributed by atoms with Crippen LogP contribution in [0.25, 0.3) is 16.8 Å². The Hall–Kier alpha value is -3.51. The molecule has 34 heavy (non-hydrogen) atoms. The lowest BCUT2D eigenvalue weighted by Crippen LogP contribution is -2.21. The largest absolute Gasteiger partial charge is 0.366 e. The Morgan fingerprint density at radius 3 is 2.32 bits per heavy atom. The monoisotopic (exact) mass is 476 g/mol. The van der Waals surface area contributed by atoms with E-state index < -0.39 is 5.91 Å². The summed E-state index contributed by atoms with van der Waals surface area (Å²) in [7, 11) is 1.85. The van der Waals surface area contributed by atoms with Gasteiger partial charge in [-0.3, -0.25) is 14.3 Å². The Bertz CT molecular complexity index is 1430. The number of para-hydroxylation sites is 1. The van der Waals surface area contributed by atoms with Crippen LogP contribution in [-0.2, 0) is 20.0 Å². The van der Waals surface area contributed by atoms with Gasteiger partial charge in [0.05, 0.1) is 16.8 Å². The van der Waals surface area contributed by atoms with Crippen LogP contribution < -0.4 is 11.3 Å². The Morgan fingerprint density at radius 1 is 1.00 bits per heavy atom. The zero-order valence-electron chi connectivity index (χ0n) is 19.9. The molecule has 0 radical (unpaired) electrons. The molecule has 0 spiro atoms. The van der Waals surface area contributed by atoms with Gasteiger partial charge in [0.1, 0.15) is 0 Å². The van der Waals surface area contributed by atoms with Crippen LogP contribution in [0.3, 0.4) is 0 Å². The highest BCUT2D eigenvalue weighted by atomic mass is 35.5. The van der Waals surface area contributed by atoms with Gasteiger partial charge in [-0.1, -0.05) is 55.3 Å². The van der Waals surface area contributed by atoms with Gasteiger partial charge in [0.15, 0.2) is 0 Å². The Balaban J connectivity index is 2.03. The quantitative estimate of drug-likeness (QED) is 0.407. The summed E-state index contributed by atoms with van der Waals surface area (Å²) in [6, 6.07) is 17.1. The normalized spacial score (nSPS) is 11.2. The topological polar surface area (TPSA) is 75.0 Å². The number of nitrogens with two attached hydrogens (primary N) is 1. The number of rotatable bonds is 7. The van der Waals surface area contributed by atoms with Crippen LogP contribution in [0.2, 0.25) is 5.02 Å². The van der Waals surface area contributed by atoms with E-state index in [1.165, 1.54) is 0 Å². The lowest BCUT2D eigenvalue weighted by atomic mass is 9.98. The van der Waals surface area contributed by atoms with Crippen LogP contribution in [-0.4, -0.2) is 19.8 Å². The zero-order chi connectivity index (χ0) is 24.6. The lowest BCUT2D eigenvalue weighted by Gasteiger charge is -2.13. The van der Waals surface area contributed by atoms with Crippen molar-refractivity contribution in [3.63, 3.8) is 0 Å². The molecule has 0 aliphatic carbocycles. The molecule has 7 heteroatoms. The fourth-order valence-corrected chi connectivity index (χ4v) is 4.97. The summed E-state index contributed by atoms with van der Waals surface area (Å²) in [5.74, 6) is -0.538. The molecule has 0 fully saturated rings. The summed E-state index contributed by atoms with van der Waals surface area (Å²) in [5, 5.41) is 0.652. The lowest BCUT2D eigenvalue weighted by molar-refractivity contribution is 0.1000. The maximum Gasteiger partial charge on any atom is 0.279 e.